The number of rotatable bonds is 5. The van der Waals surface area contributed by atoms with Gasteiger partial charge in [-0.25, -0.2) is 4.39 Å². The molecule has 0 aliphatic carbocycles. The zero-order valence-corrected chi connectivity index (χ0v) is 11.0. The molecule has 0 amide bonds. The van der Waals surface area contributed by atoms with E-state index in [0.717, 1.165) is 5.56 Å². The average Bonchev–Trinajstić information content (AvgIpc) is 2.40. The van der Waals surface area contributed by atoms with Crippen LogP contribution in [0.25, 0.3) is 0 Å². The molecule has 0 aromatic heterocycles. The van der Waals surface area contributed by atoms with Crippen LogP contribution in [-0.2, 0) is 22.0 Å². The maximum Gasteiger partial charge on any atom is 0.150 e. The molecule has 0 aliphatic rings. The van der Waals surface area contributed by atoms with E-state index in [9.17, 15) is 13.4 Å². The molecular formula is C15H13FO2S. The van der Waals surface area contributed by atoms with Crippen molar-refractivity contribution < 1.29 is 13.4 Å². The summed E-state index contributed by atoms with van der Waals surface area (Å²) in [5.74, 6) is -0.509. The van der Waals surface area contributed by atoms with Gasteiger partial charge in [0, 0.05) is 11.3 Å². The fourth-order valence-corrected chi connectivity index (χ4v) is 2.69. The summed E-state index contributed by atoms with van der Waals surface area (Å²) in [6.07, 6.45) is 0.272. The van der Waals surface area contributed by atoms with E-state index in [2.05, 4.69) is 0 Å². The number of benzene rings is 2. The van der Waals surface area contributed by atoms with E-state index in [4.69, 9.17) is 0 Å². The van der Waals surface area contributed by atoms with Gasteiger partial charge in [0.15, 0.2) is 0 Å². The third-order valence-corrected chi connectivity index (χ3v) is 3.99. The molecule has 1 unspecified atom stereocenters. The number of carbonyl (C=O) groups is 1. The summed E-state index contributed by atoms with van der Waals surface area (Å²) in [5.41, 5.74) is 0.906. The van der Waals surface area contributed by atoms with Crippen molar-refractivity contribution in [2.75, 3.05) is 5.75 Å². The fourth-order valence-electron chi connectivity index (χ4n) is 1.69. The van der Waals surface area contributed by atoms with Crippen molar-refractivity contribution in [2.45, 2.75) is 11.3 Å². The van der Waals surface area contributed by atoms with Gasteiger partial charge in [0.1, 0.15) is 11.6 Å². The van der Waals surface area contributed by atoms with Crippen molar-refractivity contribution in [1.29, 1.82) is 0 Å². The van der Waals surface area contributed by atoms with Crippen LogP contribution >= 0.6 is 0 Å². The Balaban J connectivity index is 1.95. The molecule has 2 aromatic carbocycles. The molecule has 0 bridgehead atoms. The summed E-state index contributed by atoms with van der Waals surface area (Å²) in [6, 6.07) is 14.7. The Morgan fingerprint density at radius 1 is 1.00 bits per heavy atom. The van der Waals surface area contributed by atoms with Crippen molar-refractivity contribution in [3.05, 3.63) is 66.0 Å². The van der Waals surface area contributed by atoms with Crippen LogP contribution in [0.2, 0.25) is 0 Å². The van der Waals surface area contributed by atoms with E-state index in [1.165, 1.54) is 24.3 Å². The van der Waals surface area contributed by atoms with Gasteiger partial charge in [0.25, 0.3) is 0 Å². The Morgan fingerprint density at radius 2 is 1.63 bits per heavy atom. The molecule has 0 spiro atoms. The molecule has 0 fully saturated rings. The molecule has 19 heavy (non-hydrogen) atoms. The number of hydrogen-bond donors (Lipinski definition) is 0. The monoisotopic (exact) mass is 276 g/mol. The fraction of sp³-hybridized carbons (Fsp3) is 0.133. The number of halogens is 1. The second-order valence-corrected chi connectivity index (χ2v) is 5.60. The second-order valence-electron chi connectivity index (χ2n) is 4.14. The Kier molecular flexibility index (Phi) is 4.58. The third-order valence-electron chi connectivity index (χ3n) is 2.61. The molecule has 4 heteroatoms. The van der Waals surface area contributed by atoms with Crippen molar-refractivity contribution in [3.8, 4) is 0 Å². The molecule has 98 valence electrons. The first kappa shape index (κ1) is 13.6. The van der Waals surface area contributed by atoms with Gasteiger partial charge in [-0.3, -0.25) is 9.00 Å². The molecule has 0 radical (unpaired) electrons. The van der Waals surface area contributed by atoms with Crippen molar-refractivity contribution in [1.82, 2.24) is 0 Å². The van der Waals surface area contributed by atoms with E-state index >= 15 is 0 Å². The van der Waals surface area contributed by atoms with Crippen LogP contribution < -0.4 is 0 Å². The molecular weight excluding hydrogens is 263 g/mol. The van der Waals surface area contributed by atoms with Crippen LogP contribution in [-0.4, -0.2) is 15.7 Å². The van der Waals surface area contributed by atoms with Crippen LogP contribution in [0, 0.1) is 5.82 Å². The quantitative estimate of drug-likeness (QED) is 0.841. The summed E-state index contributed by atoms with van der Waals surface area (Å²) in [5, 5.41) is 0. The normalized spacial score (nSPS) is 12.1. The van der Waals surface area contributed by atoms with Gasteiger partial charge in [-0.2, -0.15) is 0 Å². The lowest BCUT2D eigenvalue weighted by molar-refractivity contribution is -0.116. The third kappa shape index (κ3) is 4.10. The first-order chi connectivity index (χ1) is 9.15. The minimum Gasteiger partial charge on any atom is -0.298 e. The highest BCUT2D eigenvalue weighted by Crippen LogP contribution is 2.09. The molecule has 2 rings (SSSR count). The van der Waals surface area contributed by atoms with Gasteiger partial charge in [0.2, 0.25) is 0 Å². The summed E-state index contributed by atoms with van der Waals surface area (Å²) in [7, 11) is -1.41. The minimum atomic E-state index is -1.41. The van der Waals surface area contributed by atoms with Gasteiger partial charge in [0.05, 0.1) is 16.6 Å². The zero-order chi connectivity index (χ0) is 13.7. The molecule has 0 N–H and O–H groups in total. The first-order valence-corrected chi connectivity index (χ1v) is 7.16. The van der Waals surface area contributed by atoms with E-state index in [0.29, 0.717) is 4.90 Å². The van der Waals surface area contributed by atoms with E-state index in [1.54, 1.807) is 0 Å². The zero-order valence-electron chi connectivity index (χ0n) is 10.2. The maximum atomic E-state index is 12.7. The number of Topliss-reactive ketones (excluding diaryl/α,β-unsaturated/α-hetero) is 1. The Morgan fingerprint density at radius 3 is 2.26 bits per heavy atom. The maximum absolute atomic E-state index is 12.7. The number of ketones is 1. The largest absolute Gasteiger partial charge is 0.298 e. The summed E-state index contributed by atoms with van der Waals surface area (Å²) < 4.78 is 24.7. The molecule has 0 saturated carbocycles. The van der Waals surface area contributed by atoms with Gasteiger partial charge in [-0.05, 0) is 29.8 Å². The summed E-state index contributed by atoms with van der Waals surface area (Å²) >= 11 is 0. The second kappa shape index (κ2) is 6.38. The van der Waals surface area contributed by atoms with Crippen LogP contribution in [0.4, 0.5) is 4.39 Å². The Bertz CT molecular complexity index is 579. The Hall–Kier alpha value is -1.81. The molecule has 2 aromatic rings. The molecule has 0 saturated heterocycles. The summed E-state index contributed by atoms with van der Waals surface area (Å²) in [4.78, 5) is 12.3. The number of hydrogen-bond acceptors (Lipinski definition) is 2. The molecule has 0 aliphatic heterocycles. The molecule has 2 nitrogen and oxygen atoms in total. The van der Waals surface area contributed by atoms with Crippen molar-refractivity contribution >= 4 is 16.6 Å². The average molecular weight is 276 g/mol. The van der Waals surface area contributed by atoms with Crippen molar-refractivity contribution in [3.63, 3.8) is 0 Å². The highest BCUT2D eigenvalue weighted by molar-refractivity contribution is 7.85. The van der Waals surface area contributed by atoms with Crippen molar-refractivity contribution in [2.24, 2.45) is 0 Å². The van der Waals surface area contributed by atoms with E-state index in [-0.39, 0.29) is 23.8 Å². The van der Waals surface area contributed by atoms with E-state index < -0.39 is 10.8 Å². The lowest BCUT2D eigenvalue weighted by Gasteiger charge is -2.02. The van der Waals surface area contributed by atoms with Gasteiger partial charge >= 0.3 is 0 Å². The van der Waals surface area contributed by atoms with E-state index in [1.807, 2.05) is 30.3 Å². The number of carbonyl (C=O) groups excluding carboxylic acids is 1. The smallest absolute Gasteiger partial charge is 0.150 e. The van der Waals surface area contributed by atoms with Crippen LogP contribution in [0.3, 0.4) is 0 Å². The molecule has 0 heterocycles. The predicted octanol–water partition coefficient (Wildman–Crippen LogP) is 2.75. The minimum absolute atomic E-state index is 0.0411. The van der Waals surface area contributed by atoms with Gasteiger partial charge in [-0.1, -0.05) is 30.3 Å². The lowest BCUT2D eigenvalue weighted by atomic mass is 10.1. The van der Waals surface area contributed by atoms with Gasteiger partial charge < -0.3 is 0 Å². The predicted molar refractivity (Wildman–Crippen MR) is 72.8 cm³/mol. The van der Waals surface area contributed by atoms with Crippen LogP contribution in [0.1, 0.15) is 5.56 Å². The van der Waals surface area contributed by atoms with Crippen LogP contribution in [0.5, 0.6) is 0 Å². The highest BCUT2D eigenvalue weighted by atomic mass is 32.2. The molecule has 1 atom stereocenters. The van der Waals surface area contributed by atoms with Crippen LogP contribution in [0.15, 0.2) is 59.5 Å². The highest BCUT2D eigenvalue weighted by Gasteiger charge is 2.11. The van der Waals surface area contributed by atoms with Gasteiger partial charge in [-0.15, -0.1) is 0 Å². The lowest BCUT2D eigenvalue weighted by Crippen LogP contribution is -2.13. The summed E-state index contributed by atoms with van der Waals surface area (Å²) in [6.45, 7) is 0. The SMILES string of the molecule is O=C(Cc1ccccc1)CS(=O)c1ccc(F)cc1. The topological polar surface area (TPSA) is 34.1 Å². The first-order valence-electron chi connectivity index (χ1n) is 5.85. The Labute approximate surface area is 113 Å². The standard InChI is InChI=1S/C15H13FO2S/c16-13-6-8-15(9-7-13)19(18)11-14(17)10-12-4-2-1-3-5-12/h1-9H,10-11H2.